The van der Waals surface area contributed by atoms with Crippen LogP contribution in [0.15, 0.2) is 47.2 Å². The predicted octanol–water partition coefficient (Wildman–Crippen LogP) is 3.65. The summed E-state index contributed by atoms with van der Waals surface area (Å²) in [5.74, 6) is 1.05. The molecule has 4 heteroatoms. The van der Waals surface area contributed by atoms with Crippen molar-refractivity contribution in [2.24, 2.45) is 0 Å². The van der Waals surface area contributed by atoms with Crippen molar-refractivity contribution in [2.45, 2.75) is 13.1 Å². The molecule has 0 aliphatic rings. The number of nitrogens with zero attached hydrogens (tertiary/aromatic N) is 2. The first-order chi connectivity index (χ1) is 10.3. The zero-order valence-corrected chi connectivity index (χ0v) is 13.2. The van der Waals surface area contributed by atoms with E-state index in [1.54, 1.807) is 11.3 Å². The Balaban J connectivity index is 1.99. The molecule has 0 aliphatic heterocycles. The second-order valence-corrected chi connectivity index (χ2v) is 5.96. The summed E-state index contributed by atoms with van der Waals surface area (Å²) in [5, 5.41) is 8.73. The van der Waals surface area contributed by atoms with Crippen LogP contribution in [0.2, 0.25) is 0 Å². The van der Waals surface area contributed by atoms with Crippen LogP contribution in [0, 0.1) is 0 Å². The van der Waals surface area contributed by atoms with E-state index < -0.39 is 0 Å². The molecular weight excluding hydrogens is 278 g/mol. The van der Waals surface area contributed by atoms with Gasteiger partial charge >= 0.3 is 0 Å². The SMILES string of the molecule is CNCc1cc2ccccc2nc1N(C)Cc1ccsc1. The van der Waals surface area contributed by atoms with Crippen LogP contribution in [0.25, 0.3) is 10.9 Å². The second kappa shape index (κ2) is 6.24. The standard InChI is InChI=1S/C17H19N3S/c1-18-10-15-9-14-5-3-4-6-16(14)19-17(15)20(2)11-13-7-8-21-12-13/h3-9,12,18H,10-11H2,1-2H3. The van der Waals surface area contributed by atoms with Crippen LogP contribution in [-0.2, 0) is 13.1 Å². The van der Waals surface area contributed by atoms with Crippen molar-refractivity contribution < 1.29 is 0 Å². The third-order valence-corrected chi connectivity index (χ3v) is 4.24. The first-order valence-corrected chi connectivity index (χ1v) is 7.97. The van der Waals surface area contributed by atoms with Crippen molar-refractivity contribution >= 4 is 28.1 Å². The molecular formula is C17H19N3S. The van der Waals surface area contributed by atoms with Crippen molar-refractivity contribution in [3.63, 3.8) is 0 Å². The third kappa shape index (κ3) is 3.06. The minimum absolute atomic E-state index is 0.821. The molecule has 0 fully saturated rings. The van der Waals surface area contributed by atoms with E-state index in [1.807, 2.05) is 13.1 Å². The van der Waals surface area contributed by atoms with Gasteiger partial charge < -0.3 is 10.2 Å². The smallest absolute Gasteiger partial charge is 0.133 e. The summed E-state index contributed by atoms with van der Waals surface area (Å²) in [7, 11) is 4.08. The molecule has 108 valence electrons. The highest BCUT2D eigenvalue weighted by Gasteiger charge is 2.11. The number of para-hydroxylation sites is 1. The van der Waals surface area contributed by atoms with E-state index in [4.69, 9.17) is 4.98 Å². The number of nitrogens with one attached hydrogen (secondary N) is 1. The van der Waals surface area contributed by atoms with Gasteiger partial charge in [-0.15, -0.1) is 0 Å². The molecule has 0 atom stereocenters. The van der Waals surface area contributed by atoms with E-state index in [-0.39, 0.29) is 0 Å². The molecule has 0 bridgehead atoms. The van der Waals surface area contributed by atoms with Crippen molar-refractivity contribution in [3.8, 4) is 0 Å². The topological polar surface area (TPSA) is 28.2 Å². The Hall–Kier alpha value is -1.91. The van der Waals surface area contributed by atoms with Crippen molar-refractivity contribution in [2.75, 3.05) is 19.0 Å². The van der Waals surface area contributed by atoms with E-state index in [9.17, 15) is 0 Å². The molecule has 0 aliphatic carbocycles. The van der Waals surface area contributed by atoms with Gasteiger partial charge in [0.15, 0.2) is 0 Å². The summed E-state index contributed by atoms with van der Waals surface area (Å²) < 4.78 is 0. The Morgan fingerprint density at radius 2 is 2.10 bits per heavy atom. The lowest BCUT2D eigenvalue weighted by molar-refractivity contribution is 0.799. The fourth-order valence-electron chi connectivity index (χ4n) is 2.53. The van der Waals surface area contributed by atoms with Crippen LogP contribution in [0.4, 0.5) is 5.82 Å². The minimum atomic E-state index is 0.821. The van der Waals surface area contributed by atoms with Crippen LogP contribution in [0.3, 0.4) is 0 Å². The molecule has 0 saturated carbocycles. The maximum absolute atomic E-state index is 4.86. The van der Waals surface area contributed by atoms with E-state index in [0.717, 1.165) is 24.4 Å². The molecule has 0 unspecified atom stereocenters. The normalized spacial score (nSPS) is 11.0. The summed E-state index contributed by atoms with van der Waals surface area (Å²) >= 11 is 1.73. The van der Waals surface area contributed by atoms with Crippen molar-refractivity contribution in [3.05, 3.63) is 58.3 Å². The van der Waals surface area contributed by atoms with Gasteiger partial charge in [0, 0.05) is 31.1 Å². The Bertz CT molecular complexity index is 722. The molecule has 3 rings (SSSR count). The maximum Gasteiger partial charge on any atom is 0.133 e. The molecule has 1 aromatic carbocycles. The number of thiophene rings is 1. The zero-order valence-electron chi connectivity index (χ0n) is 12.3. The summed E-state index contributed by atoms with van der Waals surface area (Å²) in [5.41, 5.74) is 3.60. The fraction of sp³-hybridized carbons (Fsp3) is 0.235. The summed E-state index contributed by atoms with van der Waals surface area (Å²) in [6.07, 6.45) is 0. The molecule has 3 aromatic rings. The van der Waals surface area contributed by atoms with Gasteiger partial charge in [-0.3, -0.25) is 0 Å². The van der Waals surface area contributed by atoms with Gasteiger partial charge in [0.2, 0.25) is 0 Å². The van der Waals surface area contributed by atoms with Gasteiger partial charge in [-0.2, -0.15) is 11.3 Å². The zero-order chi connectivity index (χ0) is 14.7. The Labute approximate surface area is 129 Å². The van der Waals surface area contributed by atoms with Crippen LogP contribution < -0.4 is 10.2 Å². The lowest BCUT2D eigenvalue weighted by Gasteiger charge is -2.21. The van der Waals surface area contributed by atoms with E-state index >= 15 is 0 Å². The number of rotatable bonds is 5. The van der Waals surface area contributed by atoms with Gasteiger partial charge in [-0.25, -0.2) is 4.98 Å². The number of benzene rings is 1. The summed E-state index contributed by atoms with van der Waals surface area (Å²) in [4.78, 5) is 7.09. The number of aromatic nitrogens is 1. The molecule has 1 N–H and O–H groups in total. The molecule has 0 spiro atoms. The highest BCUT2D eigenvalue weighted by molar-refractivity contribution is 7.07. The van der Waals surface area contributed by atoms with Gasteiger partial charge in [0.1, 0.15) is 5.82 Å². The van der Waals surface area contributed by atoms with Crippen molar-refractivity contribution in [1.82, 2.24) is 10.3 Å². The number of hydrogen-bond donors (Lipinski definition) is 1. The van der Waals surface area contributed by atoms with Gasteiger partial charge in [-0.05, 0) is 41.6 Å². The van der Waals surface area contributed by atoms with Gasteiger partial charge in [-0.1, -0.05) is 18.2 Å². The summed E-state index contributed by atoms with van der Waals surface area (Å²) in [6.45, 7) is 1.70. The van der Waals surface area contributed by atoms with Gasteiger partial charge in [0.25, 0.3) is 0 Å². The molecule has 0 amide bonds. The van der Waals surface area contributed by atoms with Crippen molar-refractivity contribution in [1.29, 1.82) is 0 Å². The lowest BCUT2D eigenvalue weighted by atomic mass is 10.1. The molecule has 2 aromatic heterocycles. The minimum Gasteiger partial charge on any atom is -0.355 e. The van der Waals surface area contributed by atoms with E-state index in [0.29, 0.717) is 0 Å². The van der Waals surface area contributed by atoms with Crippen LogP contribution in [-0.4, -0.2) is 19.1 Å². The van der Waals surface area contributed by atoms with Crippen LogP contribution in [0.5, 0.6) is 0 Å². The Morgan fingerprint density at radius 3 is 2.86 bits per heavy atom. The quantitative estimate of drug-likeness (QED) is 0.779. The summed E-state index contributed by atoms with van der Waals surface area (Å²) in [6, 6.07) is 12.7. The molecule has 2 heterocycles. The first kappa shape index (κ1) is 14.0. The second-order valence-electron chi connectivity index (χ2n) is 5.18. The maximum atomic E-state index is 4.86. The highest BCUT2D eigenvalue weighted by atomic mass is 32.1. The molecule has 3 nitrogen and oxygen atoms in total. The number of pyridine rings is 1. The van der Waals surface area contributed by atoms with Gasteiger partial charge in [0.05, 0.1) is 5.52 Å². The van der Waals surface area contributed by atoms with Crippen LogP contribution >= 0.6 is 11.3 Å². The Kier molecular flexibility index (Phi) is 4.18. The predicted molar refractivity (Wildman–Crippen MR) is 90.9 cm³/mol. The highest BCUT2D eigenvalue weighted by Crippen LogP contribution is 2.24. The monoisotopic (exact) mass is 297 g/mol. The van der Waals surface area contributed by atoms with E-state index in [1.165, 1.54) is 16.5 Å². The molecule has 21 heavy (non-hydrogen) atoms. The molecule has 0 radical (unpaired) electrons. The first-order valence-electron chi connectivity index (χ1n) is 7.03. The van der Waals surface area contributed by atoms with E-state index in [2.05, 4.69) is 58.4 Å². The fourth-order valence-corrected chi connectivity index (χ4v) is 3.19. The third-order valence-electron chi connectivity index (χ3n) is 3.51. The number of hydrogen-bond acceptors (Lipinski definition) is 4. The number of fused-ring (bicyclic) bond motifs is 1. The molecule has 0 saturated heterocycles. The van der Waals surface area contributed by atoms with Crippen LogP contribution in [0.1, 0.15) is 11.1 Å². The number of anilines is 1. The average molecular weight is 297 g/mol. The largest absolute Gasteiger partial charge is 0.355 e. The lowest BCUT2D eigenvalue weighted by Crippen LogP contribution is -2.20. The average Bonchev–Trinajstić information content (AvgIpc) is 2.99. The Morgan fingerprint density at radius 1 is 1.24 bits per heavy atom.